The molecule has 1 unspecified atom stereocenters. The molecule has 1 amide bonds. The van der Waals surface area contributed by atoms with E-state index in [1.807, 2.05) is 12.1 Å². The maximum Gasteiger partial charge on any atom is 0.220 e. The Hall–Kier alpha value is -1.35. The van der Waals surface area contributed by atoms with Gasteiger partial charge >= 0.3 is 0 Å². The lowest BCUT2D eigenvalue weighted by atomic mass is 9.80. The van der Waals surface area contributed by atoms with E-state index in [1.165, 1.54) is 0 Å². The normalized spacial score (nSPS) is 13.0. The van der Waals surface area contributed by atoms with Crippen LogP contribution in [0, 0.1) is 11.3 Å². The van der Waals surface area contributed by atoms with Gasteiger partial charge in [-0.05, 0) is 28.9 Å². The molecule has 0 heterocycles. The van der Waals surface area contributed by atoms with Gasteiger partial charge in [-0.25, -0.2) is 0 Å². The SMILES string of the molecule is CCCOCc1ccccc1CNC(=O)CC(C)C(C)(C)C. The molecular weight excluding hydrogens is 274 g/mol. The maximum absolute atomic E-state index is 12.1. The highest BCUT2D eigenvalue weighted by atomic mass is 16.5. The molecule has 124 valence electrons. The summed E-state index contributed by atoms with van der Waals surface area (Å²) in [7, 11) is 0. The van der Waals surface area contributed by atoms with Crippen molar-refractivity contribution >= 4 is 5.91 Å². The number of amides is 1. The van der Waals surface area contributed by atoms with Gasteiger partial charge in [-0.3, -0.25) is 4.79 Å². The molecule has 3 heteroatoms. The van der Waals surface area contributed by atoms with E-state index in [9.17, 15) is 4.79 Å². The van der Waals surface area contributed by atoms with E-state index in [0.717, 1.165) is 24.2 Å². The van der Waals surface area contributed by atoms with Gasteiger partial charge in [0.1, 0.15) is 0 Å². The van der Waals surface area contributed by atoms with Crippen molar-refractivity contribution in [3.8, 4) is 0 Å². The van der Waals surface area contributed by atoms with E-state index in [4.69, 9.17) is 4.74 Å². The van der Waals surface area contributed by atoms with Crippen molar-refractivity contribution < 1.29 is 9.53 Å². The van der Waals surface area contributed by atoms with E-state index in [1.54, 1.807) is 0 Å². The van der Waals surface area contributed by atoms with Crippen LogP contribution in [0.5, 0.6) is 0 Å². The van der Waals surface area contributed by atoms with Crippen LogP contribution in [0.15, 0.2) is 24.3 Å². The molecule has 1 aromatic rings. The molecule has 0 bridgehead atoms. The zero-order chi connectivity index (χ0) is 16.6. The van der Waals surface area contributed by atoms with Gasteiger partial charge in [-0.2, -0.15) is 0 Å². The highest BCUT2D eigenvalue weighted by Gasteiger charge is 2.22. The Morgan fingerprint density at radius 2 is 1.86 bits per heavy atom. The fourth-order valence-electron chi connectivity index (χ4n) is 2.05. The summed E-state index contributed by atoms with van der Waals surface area (Å²) in [6.45, 7) is 12.7. The van der Waals surface area contributed by atoms with E-state index >= 15 is 0 Å². The first kappa shape index (κ1) is 18.7. The first-order valence-corrected chi connectivity index (χ1v) is 8.25. The summed E-state index contributed by atoms with van der Waals surface area (Å²) in [6.07, 6.45) is 1.58. The predicted molar refractivity (Wildman–Crippen MR) is 91.5 cm³/mol. The van der Waals surface area contributed by atoms with Gasteiger partial charge < -0.3 is 10.1 Å². The fourth-order valence-corrected chi connectivity index (χ4v) is 2.05. The average molecular weight is 305 g/mol. The van der Waals surface area contributed by atoms with Crippen molar-refractivity contribution in [3.63, 3.8) is 0 Å². The summed E-state index contributed by atoms with van der Waals surface area (Å²) in [4.78, 5) is 12.1. The van der Waals surface area contributed by atoms with E-state index in [0.29, 0.717) is 25.5 Å². The van der Waals surface area contributed by atoms with Gasteiger partial charge in [0.05, 0.1) is 6.61 Å². The smallest absolute Gasteiger partial charge is 0.220 e. The highest BCUT2D eigenvalue weighted by molar-refractivity contribution is 5.76. The number of ether oxygens (including phenoxy) is 1. The van der Waals surface area contributed by atoms with Gasteiger partial charge in [0, 0.05) is 19.6 Å². The minimum Gasteiger partial charge on any atom is -0.377 e. The number of carbonyl (C=O) groups excluding carboxylic acids is 1. The molecular formula is C19H31NO2. The Bertz CT molecular complexity index is 463. The van der Waals surface area contributed by atoms with Crippen LogP contribution >= 0.6 is 0 Å². The number of rotatable bonds is 8. The zero-order valence-electron chi connectivity index (χ0n) is 14.7. The van der Waals surface area contributed by atoms with Gasteiger partial charge in [0.15, 0.2) is 0 Å². The molecule has 0 radical (unpaired) electrons. The third-order valence-electron chi connectivity index (χ3n) is 4.17. The molecule has 0 fully saturated rings. The lowest BCUT2D eigenvalue weighted by Gasteiger charge is -2.26. The van der Waals surface area contributed by atoms with E-state index < -0.39 is 0 Å². The topological polar surface area (TPSA) is 38.3 Å². The van der Waals surface area contributed by atoms with Crippen LogP contribution in [0.1, 0.15) is 58.6 Å². The summed E-state index contributed by atoms with van der Waals surface area (Å²) >= 11 is 0. The average Bonchev–Trinajstić information content (AvgIpc) is 2.45. The van der Waals surface area contributed by atoms with Crippen molar-refractivity contribution in [2.75, 3.05) is 6.61 Å². The van der Waals surface area contributed by atoms with Crippen LogP contribution in [0.3, 0.4) is 0 Å². The summed E-state index contributed by atoms with van der Waals surface area (Å²) in [6, 6.07) is 8.13. The third kappa shape index (κ3) is 6.61. The summed E-state index contributed by atoms with van der Waals surface area (Å²) in [5.41, 5.74) is 2.44. The highest BCUT2D eigenvalue weighted by Crippen LogP contribution is 2.27. The Balaban J connectivity index is 2.52. The number of hydrogen-bond acceptors (Lipinski definition) is 2. The van der Waals surface area contributed by atoms with Crippen LogP contribution in [-0.4, -0.2) is 12.5 Å². The Morgan fingerprint density at radius 3 is 2.45 bits per heavy atom. The lowest BCUT2D eigenvalue weighted by Crippen LogP contribution is -2.29. The molecule has 0 aliphatic heterocycles. The molecule has 1 rings (SSSR count). The number of benzene rings is 1. The van der Waals surface area contributed by atoms with Gasteiger partial charge in [-0.1, -0.05) is 58.9 Å². The number of hydrogen-bond donors (Lipinski definition) is 1. The first-order chi connectivity index (χ1) is 10.3. The zero-order valence-corrected chi connectivity index (χ0v) is 14.7. The second kappa shape index (κ2) is 8.94. The van der Waals surface area contributed by atoms with Crippen LogP contribution in [-0.2, 0) is 22.7 Å². The molecule has 0 spiro atoms. The van der Waals surface area contributed by atoms with Gasteiger partial charge in [0.2, 0.25) is 5.91 Å². The van der Waals surface area contributed by atoms with Crippen LogP contribution in [0.25, 0.3) is 0 Å². The second-order valence-corrected chi connectivity index (χ2v) is 7.07. The minimum atomic E-state index is 0.117. The molecule has 3 nitrogen and oxygen atoms in total. The molecule has 0 saturated carbocycles. The molecule has 0 saturated heterocycles. The molecule has 1 aromatic carbocycles. The van der Waals surface area contributed by atoms with Crippen molar-refractivity contribution in [2.24, 2.45) is 11.3 Å². The first-order valence-electron chi connectivity index (χ1n) is 8.25. The largest absolute Gasteiger partial charge is 0.377 e. The Labute approximate surface area is 135 Å². The Kier molecular flexibility index (Phi) is 7.60. The Morgan fingerprint density at radius 1 is 1.23 bits per heavy atom. The molecule has 22 heavy (non-hydrogen) atoms. The van der Waals surface area contributed by atoms with Crippen LogP contribution < -0.4 is 5.32 Å². The van der Waals surface area contributed by atoms with Crippen molar-refractivity contribution in [1.82, 2.24) is 5.32 Å². The van der Waals surface area contributed by atoms with E-state index in [2.05, 4.69) is 52.1 Å². The molecule has 0 aliphatic carbocycles. The quantitative estimate of drug-likeness (QED) is 0.727. The van der Waals surface area contributed by atoms with Crippen molar-refractivity contribution in [3.05, 3.63) is 35.4 Å². The number of carbonyl (C=O) groups is 1. The summed E-state index contributed by atoms with van der Waals surface area (Å²) in [5, 5.41) is 3.04. The monoisotopic (exact) mass is 305 g/mol. The molecule has 1 N–H and O–H groups in total. The minimum absolute atomic E-state index is 0.117. The molecule has 0 aliphatic rings. The standard InChI is InChI=1S/C19H31NO2/c1-6-11-22-14-17-10-8-7-9-16(17)13-20-18(21)12-15(2)19(3,4)5/h7-10,15H,6,11-14H2,1-5H3,(H,20,21). The van der Waals surface area contributed by atoms with Gasteiger partial charge in [0.25, 0.3) is 0 Å². The second-order valence-electron chi connectivity index (χ2n) is 7.07. The van der Waals surface area contributed by atoms with E-state index in [-0.39, 0.29) is 11.3 Å². The van der Waals surface area contributed by atoms with Crippen molar-refractivity contribution in [2.45, 2.75) is 60.6 Å². The summed E-state index contributed by atoms with van der Waals surface area (Å²) in [5.74, 6) is 0.474. The maximum atomic E-state index is 12.1. The lowest BCUT2D eigenvalue weighted by molar-refractivity contribution is -0.122. The van der Waals surface area contributed by atoms with Crippen LogP contribution in [0.4, 0.5) is 0 Å². The van der Waals surface area contributed by atoms with Crippen molar-refractivity contribution in [1.29, 1.82) is 0 Å². The molecule has 0 aromatic heterocycles. The molecule has 1 atom stereocenters. The third-order valence-corrected chi connectivity index (χ3v) is 4.17. The predicted octanol–water partition coefficient (Wildman–Crippen LogP) is 4.30. The fraction of sp³-hybridized carbons (Fsp3) is 0.632. The summed E-state index contributed by atoms with van der Waals surface area (Å²) < 4.78 is 5.61. The van der Waals surface area contributed by atoms with Gasteiger partial charge in [-0.15, -0.1) is 0 Å². The number of nitrogens with one attached hydrogen (secondary N) is 1. The van der Waals surface area contributed by atoms with Crippen LogP contribution in [0.2, 0.25) is 0 Å².